The molecule has 236 valence electrons. The molecule has 2 amide bonds. The molecule has 2 aliphatic rings. The fourth-order valence-corrected chi connectivity index (χ4v) is 6.53. The molecule has 5 rings (SSSR count). The molecule has 0 spiro atoms. The second kappa shape index (κ2) is 14.5. The number of benzene rings is 2. The SMILES string of the molecule is Cc1cc(NC(=O)c2cccc(C(=N)c3c(N)ncc4c3N[C@@H]3CCCC(C3)NC(=O)CCCCC/C=C/4)c2)ccc1C(C)C. The van der Waals surface area contributed by atoms with E-state index in [0.717, 1.165) is 73.9 Å². The van der Waals surface area contributed by atoms with Crippen LogP contribution in [0.15, 0.2) is 54.7 Å². The average molecular weight is 607 g/mol. The predicted molar refractivity (Wildman–Crippen MR) is 184 cm³/mol. The first-order valence-electron chi connectivity index (χ1n) is 16.3. The smallest absolute Gasteiger partial charge is 0.255 e. The number of anilines is 3. The molecular weight excluding hydrogens is 560 g/mol. The Morgan fingerprint density at radius 2 is 1.80 bits per heavy atom. The molecule has 8 heteroatoms. The van der Waals surface area contributed by atoms with Crippen LogP contribution in [0.5, 0.6) is 0 Å². The zero-order valence-corrected chi connectivity index (χ0v) is 26.7. The molecular formula is C37H46N6O2. The largest absolute Gasteiger partial charge is 0.383 e. The maximum atomic E-state index is 13.3. The summed E-state index contributed by atoms with van der Waals surface area (Å²) in [5, 5.41) is 19.3. The maximum absolute atomic E-state index is 13.3. The van der Waals surface area contributed by atoms with E-state index in [1.165, 1.54) is 5.56 Å². The van der Waals surface area contributed by atoms with E-state index < -0.39 is 0 Å². The van der Waals surface area contributed by atoms with Gasteiger partial charge >= 0.3 is 0 Å². The molecule has 45 heavy (non-hydrogen) atoms. The number of aromatic nitrogens is 1. The van der Waals surface area contributed by atoms with Crippen LogP contribution in [-0.2, 0) is 4.79 Å². The molecule has 3 aromatic rings. The minimum Gasteiger partial charge on any atom is -0.383 e. The zero-order chi connectivity index (χ0) is 31.9. The van der Waals surface area contributed by atoms with Gasteiger partial charge in [-0.25, -0.2) is 4.98 Å². The number of nitrogens with one attached hydrogen (secondary N) is 4. The topological polar surface area (TPSA) is 133 Å². The molecule has 1 aliphatic carbocycles. The van der Waals surface area contributed by atoms with Crippen molar-refractivity contribution in [3.63, 3.8) is 0 Å². The van der Waals surface area contributed by atoms with E-state index in [0.29, 0.717) is 29.0 Å². The van der Waals surface area contributed by atoms with E-state index in [1.54, 1.807) is 24.4 Å². The summed E-state index contributed by atoms with van der Waals surface area (Å²) in [5.41, 5.74) is 13.0. The number of carbonyl (C=O) groups is 2. The summed E-state index contributed by atoms with van der Waals surface area (Å²) in [5.74, 6) is 0.557. The fraction of sp³-hybridized carbons (Fsp3) is 0.405. The molecule has 2 heterocycles. The van der Waals surface area contributed by atoms with Crippen molar-refractivity contribution in [2.45, 2.75) is 96.6 Å². The molecule has 0 saturated heterocycles. The van der Waals surface area contributed by atoms with Crippen LogP contribution in [0, 0.1) is 12.3 Å². The molecule has 0 radical (unpaired) electrons. The zero-order valence-electron chi connectivity index (χ0n) is 26.7. The predicted octanol–water partition coefficient (Wildman–Crippen LogP) is 7.58. The van der Waals surface area contributed by atoms with E-state index >= 15 is 0 Å². The van der Waals surface area contributed by atoms with E-state index in [1.807, 2.05) is 18.2 Å². The van der Waals surface area contributed by atoms with Gasteiger partial charge in [-0.1, -0.05) is 50.6 Å². The molecule has 8 nitrogen and oxygen atoms in total. The van der Waals surface area contributed by atoms with Crippen LogP contribution in [0.2, 0.25) is 0 Å². The van der Waals surface area contributed by atoms with E-state index in [9.17, 15) is 15.0 Å². The highest BCUT2D eigenvalue weighted by Crippen LogP contribution is 2.33. The van der Waals surface area contributed by atoms with Gasteiger partial charge < -0.3 is 21.7 Å². The van der Waals surface area contributed by atoms with Gasteiger partial charge in [0.05, 0.1) is 17.0 Å². The number of amides is 2. The fourth-order valence-electron chi connectivity index (χ4n) is 6.53. The lowest BCUT2D eigenvalue weighted by atomic mass is 9.89. The summed E-state index contributed by atoms with van der Waals surface area (Å²) in [4.78, 5) is 30.4. The van der Waals surface area contributed by atoms with Crippen LogP contribution >= 0.6 is 0 Å². The number of allylic oxidation sites excluding steroid dienone is 1. The minimum atomic E-state index is -0.241. The third-order valence-electron chi connectivity index (χ3n) is 8.91. The van der Waals surface area contributed by atoms with Gasteiger partial charge in [-0.3, -0.25) is 15.0 Å². The van der Waals surface area contributed by atoms with Crippen molar-refractivity contribution in [3.05, 3.63) is 88.1 Å². The van der Waals surface area contributed by atoms with Crippen LogP contribution in [0.1, 0.15) is 116 Å². The Kier molecular flexibility index (Phi) is 10.3. The molecule has 1 aliphatic heterocycles. The van der Waals surface area contributed by atoms with Crippen molar-refractivity contribution < 1.29 is 9.59 Å². The Morgan fingerprint density at radius 3 is 2.58 bits per heavy atom. The van der Waals surface area contributed by atoms with Gasteiger partial charge in [-0.05, 0) is 93.2 Å². The van der Waals surface area contributed by atoms with E-state index in [2.05, 4.69) is 59.9 Å². The number of nitrogen functional groups attached to an aromatic ring is 1. The highest BCUT2D eigenvalue weighted by Gasteiger charge is 2.26. The van der Waals surface area contributed by atoms with Crippen LogP contribution in [0.25, 0.3) is 6.08 Å². The highest BCUT2D eigenvalue weighted by atomic mass is 16.2. The Balaban J connectivity index is 1.44. The van der Waals surface area contributed by atoms with Gasteiger partial charge in [-0.15, -0.1) is 0 Å². The van der Waals surface area contributed by atoms with E-state index in [-0.39, 0.29) is 35.4 Å². The van der Waals surface area contributed by atoms with Crippen LogP contribution < -0.4 is 21.7 Å². The Bertz CT molecular complexity index is 1590. The van der Waals surface area contributed by atoms with Crippen molar-refractivity contribution in [1.29, 1.82) is 5.41 Å². The summed E-state index contributed by atoms with van der Waals surface area (Å²) < 4.78 is 0. The first kappa shape index (κ1) is 31.9. The lowest BCUT2D eigenvalue weighted by Gasteiger charge is -2.32. The van der Waals surface area contributed by atoms with Crippen molar-refractivity contribution in [1.82, 2.24) is 10.3 Å². The lowest BCUT2D eigenvalue weighted by Crippen LogP contribution is -2.42. The van der Waals surface area contributed by atoms with Gasteiger partial charge in [0, 0.05) is 47.1 Å². The number of aryl methyl sites for hydroxylation is 1. The van der Waals surface area contributed by atoms with Gasteiger partial charge in [0.15, 0.2) is 0 Å². The monoisotopic (exact) mass is 606 g/mol. The summed E-state index contributed by atoms with van der Waals surface area (Å²) in [6.07, 6.45) is 14.0. The van der Waals surface area contributed by atoms with Crippen LogP contribution in [-0.4, -0.2) is 34.6 Å². The molecule has 1 unspecified atom stereocenters. The standard InChI is InChI=1S/C37H46N6O2/c1-23(2)31-18-17-30(19-24(31)3)43-37(45)26-13-9-12-25(20-26)34(38)33-35-27(22-40-36(33)39)11-7-5-4-6-8-16-32(44)41-28-14-10-15-29(21-28)42-35/h7,9,11-13,17-20,22-23,28-29,38,42H,4-6,8,10,14-16,21H2,1-3H3,(H2,39,40)(H,41,44)(H,43,45)/b11-7+,38-34?/t28?,29-/m1/s1. The third kappa shape index (κ3) is 7.98. The van der Waals surface area contributed by atoms with Crippen molar-refractivity contribution >= 4 is 40.8 Å². The number of hydrogen-bond donors (Lipinski definition) is 5. The number of pyridine rings is 1. The molecule has 1 saturated carbocycles. The van der Waals surface area contributed by atoms with E-state index in [4.69, 9.17) is 5.73 Å². The summed E-state index contributed by atoms with van der Waals surface area (Å²) in [6, 6.07) is 13.3. The number of rotatable bonds is 5. The number of fused-ring (bicyclic) bond motifs is 3. The number of nitrogens with two attached hydrogens (primary N) is 1. The van der Waals surface area contributed by atoms with Gasteiger partial charge in [0.25, 0.3) is 5.91 Å². The Hall–Kier alpha value is -4.46. The summed E-state index contributed by atoms with van der Waals surface area (Å²) in [6.45, 7) is 6.37. The summed E-state index contributed by atoms with van der Waals surface area (Å²) in [7, 11) is 0. The maximum Gasteiger partial charge on any atom is 0.255 e. The number of carbonyl (C=O) groups excluding carboxylic acids is 2. The lowest BCUT2D eigenvalue weighted by molar-refractivity contribution is -0.122. The molecule has 1 fully saturated rings. The molecule has 2 bridgehead atoms. The Morgan fingerprint density at radius 1 is 1.02 bits per heavy atom. The number of nitrogens with zero attached hydrogens (tertiary/aromatic N) is 1. The van der Waals surface area contributed by atoms with Gasteiger partial charge in [-0.2, -0.15) is 0 Å². The van der Waals surface area contributed by atoms with Gasteiger partial charge in [0.1, 0.15) is 5.82 Å². The van der Waals surface area contributed by atoms with Crippen molar-refractivity contribution in [2.24, 2.45) is 0 Å². The molecule has 2 atom stereocenters. The normalized spacial score (nSPS) is 19.7. The number of hydrogen-bond acceptors (Lipinski definition) is 6. The van der Waals surface area contributed by atoms with Gasteiger partial charge in [0.2, 0.25) is 5.91 Å². The second-order valence-electron chi connectivity index (χ2n) is 12.8. The quantitative estimate of drug-likeness (QED) is 0.191. The molecule has 6 N–H and O–H groups in total. The van der Waals surface area contributed by atoms with Crippen LogP contribution in [0.4, 0.5) is 17.2 Å². The average Bonchev–Trinajstić information content (AvgIpc) is 3.01. The highest BCUT2D eigenvalue weighted by molar-refractivity contribution is 6.18. The molecule has 2 aromatic carbocycles. The minimum absolute atomic E-state index is 0.109. The van der Waals surface area contributed by atoms with Crippen molar-refractivity contribution in [3.8, 4) is 0 Å². The first-order chi connectivity index (χ1) is 21.7. The molecule has 1 aromatic heterocycles. The second-order valence-corrected chi connectivity index (χ2v) is 12.8. The third-order valence-corrected chi connectivity index (χ3v) is 8.91. The Labute approximate surface area is 266 Å². The summed E-state index contributed by atoms with van der Waals surface area (Å²) >= 11 is 0. The first-order valence-corrected chi connectivity index (χ1v) is 16.3. The van der Waals surface area contributed by atoms with Crippen molar-refractivity contribution in [2.75, 3.05) is 16.4 Å². The van der Waals surface area contributed by atoms with Crippen LogP contribution in [0.3, 0.4) is 0 Å².